The average Bonchev–Trinajstić information content (AvgIpc) is 2.70. The molecular weight excluding hydrogens is 296 g/mol. The fourth-order valence-electron chi connectivity index (χ4n) is 1.78. The lowest BCUT2D eigenvalue weighted by Crippen LogP contribution is -2.05. The number of ether oxygens (including phenoxy) is 1. The fraction of sp³-hybridized carbons (Fsp3) is 0.231. The number of carbonyl (C=O) groups excluding carboxylic acids is 1. The van der Waals surface area contributed by atoms with Gasteiger partial charge in [0, 0.05) is 10.2 Å². The van der Waals surface area contributed by atoms with Crippen molar-refractivity contribution in [2.75, 3.05) is 7.11 Å². The van der Waals surface area contributed by atoms with Gasteiger partial charge in [0.25, 0.3) is 0 Å². The van der Waals surface area contributed by atoms with Crippen molar-refractivity contribution in [2.24, 2.45) is 0 Å². The number of esters is 1. The van der Waals surface area contributed by atoms with E-state index in [2.05, 4.69) is 25.8 Å². The standard InChI is InChI=1S/C13H13BrN2O2/c1-8-6-10(14)4-5-12(8)16-9(2)7-11(15-16)13(17)18-3/h4-7H,1-3H3. The summed E-state index contributed by atoms with van der Waals surface area (Å²) >= 11 is 3.42. The Hall–Kier alpha value is -1.62. The molecule has 0 saturated carbocycles. The van der Waals surface area contributed by atoms with Crippen LogP contribution >= 0.6 is 15.9 Å². The maximum absolute atomic E-state index is 11.4. The molecule has 0 spiro atoms. The molecule has 0 unspecified atom stereocenters. The van der Waals surface area contributed by atoms with E-state index in [0.29, 0.717) is 5.69 Å². The van der Waals surface area contributed by atoms with E-state index in [-0.39, 0.29) is 0 Å². The third-order valence-electron chi connectivity index (χ3n) is 2.67. The van der Waals surface area contributed by atoms with Gasteiger partial charge in [0.1, 0.15) is 0 Å². The highest BCUT2D eigenvalue weighted by atomic mass is 79.9. The lowest BCUT2D eigenvalue weighted by Gasteiger charge is -2.08. The second-order valence-electron chi connectivity index (χ2n) is 4.01. The van der Waals surface area contributed by atoms with E-state index >= 15 is 0 Å². The van der Waals surface area contributed by atoms with Gasteiger partial charge in [-0.15, -0.1) is 0 Å². The molecule has 0 fully saturated rings. The van der Waals surface area contributed by atoms with E-state index < -0.39 is 5.97 Å². The molecule has 1 heterocycles. The van der Waals surface area contributed by atoms with Gasteiger partial charge in [-0.2, -0.15) is 5.10 Å². The van der Waals surface area contributed by atoms with Crippen LogP contribution in [0.3, 0.4) is 0 Å². The normalized spacial score (nSPS) is 10.4. The number of nitrogens with zero attached hydrogens (tertiary/aromatic N) is 2. The van der Waals surface area contributed by atoms with Gasteiger partial charge in [0.2, 0.25) is 0 Å². The molecule has 94 valence electrons. The monoisotopic (exact) mass is 308 g/mol. The van der Waals surface area contributed by atoms with Crippen LogP contribution in [-0.4, -0.2) is 22.9 Å². The van der Waals surface area contributed by atoms with Crippen molar-refractivity contribution < 1.29 is 9.53 Å². The maximum Gasteiger partial charge on any atom is 0.358 e. The van der Waals surface area contributed by atoms with Gasteiger partial charge in [-0.1, -0.05) is 15.9 Å². The molecule has 0 radical (unpaired) electrons. The van der Waals surface area contributed by atoms with Gasteiger partial charge in [0.15, 0.2) is 5.69 Å². The van der Waals surface area contributed by atoms with Gasteiger partial charge >= 0.3 is 5.97 Å². The summed E-state index contributed by atoms with van der Waals surface area (Å²) in [6.07, 6.45) is 0. The van der Waals surface area contributed by atoms with Crippen molar-refractivity contribution in [1.29, 1.82) is 0 Å². The average molecular weight is 309 g/mol. The molecule has 4 nitrogen and oxygen atoms in total. The molecule has 0 aliphatic carbocycles. The van der Waals surface area contributed by atoms with E-state index in [1.807, 2.05) is 32.0 Å². The topological polar surface area (TPSA) is 44.1 Å². The number of halogens is 1. The summed E-state index contributed by atoms with van der Waals surface area (Å²) in [5.74, 6) is -0.424. The smallest absolute Gasteiger partial charge is 0.358 e. The second-order valence-corrected chi connectivity index (χ2v) is 4.92. The molecule has 2 aromatic rings. The Morgan fingerprint density at radius 1 is 1.33 bits per heavy atom. The summed E-state index contributed by atoms with van der Waals surface area (Å²) in [4.78, 5) is 11.4. The van der Waals surface area contributed by atoms with E-state index in [9.17, 15) is 4.79 Å². The molecule has 0 amide bonds. The minimum atomic E-state index is -0.424. The van der Waals surface area contributed by atoms with Gasteiger partial charge < -0.3 is 4.74 Å². The Labute approximate surface area is 114 Å². The van der Waals surface area contributed by atoms with Crippen molar-refractivity contribution in [3.63, 3.8) is 0 Å². The number of methoxy groups -OCH3 is 1. The van der Waals surface area contributed by atoms with Gasteiger partial charge in [-0.05, 0) is 43.7 Å². The van der Waals surface area contributed by atoms with Crippen molar-refractivity contribution in [3.05, 3.63) is 45.7 Å². The summed E-state index contributed by atoms with van der Waals surface area (Å²) in [7, 11) is 1.35. The first-order valence-electron chi connectivity index (χ1n) is 5.44. The summed E-state index contributed by atoms with van der Waals surface area (Å²) in [5, 5.41) is 4.27. The molecule has 5 heteroatoms. The Morgan fingerprint density at radius 3 is 2.67 bits per heavy atom. The zero-order valence-electron chi connectivity index (χ0n) is 10.4. The van der Waals surface area contributed by atoms with Crippen LogP contribution < -0.4 is 0 Å². The van der Waals surface area contributed by atoms with Crippen molar-refractivity contribution in [1.82, 2.24) is 9.78 Å². The molecule has 0 saturated heterocycles. The molecule has 18 heavy (non-hydrogen) atoms. The second kappa shape index (κ2) is 4.94. The fourth-order valence-corrected chi connectivity index (χ4v) is 2.25. The third kappa shape index (κ3) is 2.31. The number of hydrogen-bond donors (Lipinski definition) is 0. The number of hydrogen-bond acceptors (Lipinski definition) is 3. The predicted molar refractivity (Wildman–Crippen MR) is 72.1 cm³/mol. The van der Waals surface area contributed by atoms with Crippen molar-refractivity contribution in [3.8, 4) is 5.69 Å². The quantitative estimate of drug-likeness (QED) is 0.801. The van der Waals surface area contributed by atoms with E-state index in [1.54, 1.807) is 10.7 Å². The number of aryl methyl sites for hydroxylation is 2. The summed E-state index contributed by atoms with van der Waals surface area (Å²) < 4.78 is 7.43. The molecule has 0 aliphatic rings. The molecule has 0 bridgehead atoms. The maximum atomic E-state index is 11.4. The minimum absolute atomic E-state index is 0.317. The van der Waals surface area contributed by atoms with E-state index in [4.69, 9.17) is 0 Å². The highest BCUT2D eigenvalue weighted by Gasteiger charge is 2.14. The third-order valence-corrected chi connectivity index (χ3v) is 3.16. The van der Waals surface area contributed by atoms with Gasteiger partial charge in [-0.25, -0.2) is 9.48 Å². The molecule has 1 aromatic carbocycles. The summed E-state index contributed by atoms with van der Waals surface area (Å²) in [5.41, 5.74) is 3.23. The lowest BCUT2D eigenvalue weighted by atomic mass is 10.2. The number of rotatable bonds is 2. The van der Waals surface area contributed by atoms with Gasteiger partial charge in [-0.3, -0.25) is 0 Å². The Kier molecular flexibility index (Phi) is 3.52. The molecule has 0 aliphatic heterocycles. The van der Waals surface area contributed by atoms with Gasteiger partial charge in [0.05, 0.1) is 12.8 Å². The zero-order chi connectivity index (χ0) is 13.3. The van der Waals surface area contributed by atoms with Crippen molar-refractivity contribution in [2.45, 2.75) is 13.8 Å². The zero-order valence-corrected chi connectivity index (χ0v) is 12.0. The first kappa shape index (κ1) is 12.8. The number of aromatic nitrogens is 2. The lowest BCUT2D eigenvalue weighted by molar-refractivity contribution is 0.0593. The molecule has 0 N–H and O–H groups in total. The first-order chi connectivity index (χ1) is 8.52. The predicted octanol–water partition coefficient (Wildman–Crippen LogP) is 3.04. The van der Waals surface area contributed by atoms with E-state index in [0.717, 1.165) is 21.4 Å². The summed E-state index contributed by atoms with van der Waals surface area (Å²) in [6, 6.07) is 7.63. The Balaban J connectivity index is 2.51. The van der Waals surface area contributed by atoms with Crippen molar-refractivity contribution >= 4 is 21.9 Å². The SMILES string of the molecule is COC(=O)c1cc(C)n(-c2ccc(Br)cc2C)n1. The molecule has 0 atom stereocenters. The highest BCUT2D eigenvalue weighted by Crippen LogP contribution is 2.20. The van der Waals surface area contributed by atoms with Crippen LogP contribution in [-0.2, 0) is 4.74 Å². The number of carbonyl (C=O) groups is 1. The Bertz CT molecular complexity index is 605. The number of benzene rings is 1. The van der Waals surface area contributed by atoms with Crippen LogP contribution in [0.15, 0.2) is 28.7 Å². The largest absolute Gasteiger partial charge is 0.464 e. The Morgan fingerprint density at radius 2 is 2.06 bits per heavy atom. The van der Waals surface area contributed by atoms with Crippen LogP contribution in [0.1, 0.15) is 21.7 Å². The molecule has 2 rings (SSSR count). The molecular formula is C13H13BrN2O2. The van der Waals surface area contributed by atoms with Crippen LogP contribution in [0, 0.1) is 13.8 Å². The first-order valence-corrected chi connectivity index (χ1v) is 6.23. The van der Waals surface area contributed by atoms with Crippen LogP contribution in [0.2, 0.25) is 0 Å². The van der Waals surface area contributed by atoms with Crippen LogP contribution in [0.4, 0.5) is 0 Å². The minimum Gasteiger partial charge on any atom is -0.464 e. The summed E-state index contributed by atoms with van der Waals surface area (Å²) in [6.45, 7) is 3.90. The molecule has 1 aromatic heterocycles. The highest BCUT2D eigenvalue weighted by molar-refractivity contribution is 9.10. The van der Waals surface area contributed by atoms with E-state index in [1.165, 1.54) is 7.11 Å². The van der Waals surface area contributed by atoms with Crippen LogP contribution in [0.5, 0.6) is 0 Å². The van der Waals surface area contributed by atoms with Crippen LogP contribution in [0.25, 0.3) is 5.69 Å².